The van der Waals surface area contributed by atoms with Crippen LogP contribution >= 0.6 is 15.9 Å². The smallest absolute Gasteiger partial charge is 0.0966 e. The summed E-state index contributed by atoms with van der Waals surface area (Å²) in [6.07, 6.45) is 15.9. The molecule has 2 nitrogen and oxygen atoms in total. The maximum atomic E-state index is 10.00. The van der Waals surface area contributed by atoms with Crippen LogP contribution in [0.25, 0.3) is 0 Å². The Balaban J connectivity index is 2.41. The summed E-state index contributed by atoms with van der Waals surface area (Å²) in [6.45, 7) is 2.11. The zero-order valence-corrected chi connectivity index (χ0v) is 12.3. The molecule has 0 radical (unpaired) electrons. The number of rotatable bonds is 6. The Morgan fingerprint density at radius 3 is 2.94 bits per heavy atom. The Morgan fingerprint density at radius 1 is 1.50 bits per heavy atom. The Labute approximate surface area is 118 Å². The molecule has 0 spiro atoms. The lowest BCUT2D eigenvalue weighted by Crippen LogP contribution is -2.30. The summed E-state index contributed by atoms with van der Waals surface area (Å²) >= 11 is 3.60. The Hall–Kier alpha value is -0.560. The molecule has 18 heavy (non-hydrogen) atoms. The van der Waals surface area contributed by atoms with Crippen molar-refractivity contribution in [2.75, 3.05) is 0 Å². The number of terminal acetylenes is 1. The summed E-state index contributed by atoms with van der Waals surface area (Å²) < 4.78 is 5.86. The van der Waals surface area contributed by atoms with E-state index in [4.69, 9.17) is 11.2 Å². The highest BCUT2D eigenvalue weighted by Crippen LogP contribution is 2.29. The van der Waals surface area contributed by atoms with Crippen LogP contribution in [-0.2, 0) is 4.74 Å². The van der Waals surface area contributed by atoms with E-state index in [-0.39, 0.29) is 17.0 Å². The molecular formula is C15H21BrO2. The molecule has 0 aromatic carbocycles. The molecule has 1 N–H and O–H groups in total. The predicted molar refractivity (Wildman–Crippen MR) is 78.6 cm³/mol. The first-order valence-electron chi connectivity index (χ1n) is 6.42. The van der Waals surface area contributed by atoms with E-state index in [1.165, 1.54) is 0 Å². The number of hydrogen-bond donors (Lipinski definition) is 1. The van der Waals surface area contributed by atoms with Crippen molar-refractivity contribution in [3.05, 3.63) is 24.3 Å². The highest BCUT2D eigenvalue weighted by molar-refractivity contribution is 9.09. The van der Waals surface area contributed by atoms with Gasteiger partial charge in [-0.25, -0.2) is 0 Å². The Bertz CT molecular complexity index is 330. The average molecular weight is 313 g/mol. The predicted octanol–water partition coefficient (Wildman–Crippen LogP) is 3.20. The maximum Gasteiger partial charge on any atom is 0.0966 e. The van der Waals surface area contributed by atoms with Crippen molar-refractivity contribution >= 4 is 15.9 Å². The van der Waals surface area contributed by atoms with E-state index in [0.717, 1.165) is 19.3 Å². The largest absolute Gasteiger partial charge is 0.390 e. The van der Waals surface area contributed by atoms with Gasteiger partial charge in [-0.3, -0.25) is 0 Å². The van der Waals surface area contributed by atoms with Crippen LogP contribution in [0.2, 0.25) is 0 Å². The van der Waals surface area contributed by atoms with E-state index in [1.807, 2.05) is 6.08 Å². The molecule has 3 heteroatoms. The number of halogens is 1. The molecule has 1 saturated heterocycles. The summed E-state index contributed by atoms with van der Waals surface area (Å²) in [5.74, 6) is 2.45. The van der Waals surface area contributed by atoms with Crippen LogP contribution in [0.3, 0.4) is 0 Å². The van der Waals surface area contributed by atoms with Gasteiger partial charge in [-0.1, -0.05) is 47.0 Å². The van der Waals surface area contributed by atoms with Crippen molar-refractivity contribution in [1.29, 1.82) is 0 Å². The second-order valence-electron chi connectivity index (χ2n) is 4.46. The van der Waals surface area contributed by atoms with Gasteiger partial charge >= 0.3 is 0 Å². The highest BCUT2D eigenvalue weighted by Gasteiger charge is 2.36. The van der Waals surface area contributed by atoms with Crippen LogP contribution in [0.1, 0.15) is 32.6 Å². The first-order valence-corrected chi connectivity index (χ1v) is 7.34. The third-order valence-electron chi connectivity index (χ3n) is 2.97. The Morgan fingerprint density at radius 2 is 2.28 bits per heavy atom. The summed E-state index contributed by atoms with van der Waals surface area (Å²) in [7, 11) is 0. The lowest BCUT2D eigenvalue weighted by molar-refractivity contribution is 0.0121. The molecule has 0 amide bonds. The van der Waals surface area contributed by atoms with Gasteiger partial charge in [0.25, 0.3) is 0 Å². The van der Waals surface area contributed by atoms with Gasteiger partial charge in [0.2, 0.25) is 0 Å². The molecule has 1 aliphatic rings. The average Bonchev–Trinajstić information content (AvgIpc) is 2.71. The van der Waals surface area contributed by atoms with Crippen molar-refractivity contribution in [3.8, 4) is 12.3 Å². The van der Waals surface area contributed by atoms with Crippen molar-refractivity contribution in [1.82, 2.24) is 0 Å². The minimum atomic E-state index is -0.395. The van der Waals surface area contributed by atoms with Crippen LogP contribution in [-0.4, -0.2) is 28.2 Å². The fraction of sp³-hybridized carbons (Fsp3) is 0.600. The molecule has 0 aliphatic carbocycles. The van der Waals surface area contributed by atoms with E-state index in [9.17, 15) is 5.11 Å². The molecule has 0 aromatic rings. The van der Waals surface area contributed by atoms with E-state index in [0.29, 0.717) is 6.42 Å². The number of aliphatic hydroxyl groups is 1. The number of hydrogen-bond acceptors (Lipinski definition) is 2. The van der Waals surface area contributed by atoms with Crippen molar-refractivity contribution in [2.45, 2.75) is 55.7 Å². The monoisotopic (exact) mass is 312 g/mol. The quantitative estimate of drug-likeness (QED) is 0.463. The first kappa shape index (κ1) is 15.5. The van der Waals surface area contributed by atoms with Crippen molar-refractivity contribution < 1.29 is 9.84 Å². The zero-order valence-electron chi connectivity index (χ0n) is 10.8. The molecular weight excluding hydrogens is 292 g/mol. The molecule has 1 aliphatic heterocycles. The summed E-state index contributed by atoms with van der Waals surface area (Å²) in [5, 5.41) is 10.00. The summed E-state index contributed by atoms with van der Waals surface area (Å²) in [6, 6.07) is 0. The molecule has 1 rings (SSSR count). The molecule has 4 atom stereocenters. The van der Waals surface area contributed by atoms with Gasteiger partial charge in [-0.15, -0.1) is 6.42 Å². The zero-order chi connectivity index (χ0) is 13.4. The van der Waals surface area contributed by atoms with Crippen LogP contribution < -0.4 is 0 Å². The summed E-state index contributed by atoms with van der Waals surface area (Å²) in [5.41, 5.74) is 0. The lowest BCUT2D eigenvalue weighted by Gasteiger charge is -2.19. The fourth-order valence-corrected chi connectivity index (χ4v) is 2.76. The van der Waals surface area contributed by atoms with Crippen LogP contribution in [0.5, 0.6) is 0 Å². The minimum absolute atomic E-state index is 0.0739. The SMILES string of the molecule is C#C/C=C/C[C@H]1C[C@@H](O)[C@@H]([C@@H](Br)C/C=C/CC)O1. The van der Waals surface area contributed by atoms with Gasteiger partial charge in [0.05, 0.1) is 18.3 Å². The number of allylic oxidation sites excluding steroid dienone is 3. The third-order valence-corrected chi connectivity index (χ3v) is 3.86. The van der Waals surface area contributed by atoms with Gasteiger partial charge < -0.3 is 9.84 Å². The topological polar surface area (TPSA) is 29.5 Å². The second kappa shape index (κ2) is 8.53. The van der Waals surface area contributed by atoms with Crippen molar-refractivity contribution in [2.24, 2.45) is 0 Å². The number of ether oxygens (including phenoxy) is 1. The minimum Gasteiger partial charge on any atom is -0.390 e. The highest BCUT2D eigenvalue weighted by atomic mass is 79.9. The van der Waals surface area contributed by atoms with Crippen LogP contribution in [0, 0.1) is 12.3 Å². The maximum absolute atomic E-state index is 10.00. The molecule has 1 fully saturated rings. The van der Waals surface area contributed by atoms with Crippen molar-refractivity contribution in [3.63, 3.8) is 0 Å². The van der Waals surface area contributed by atoms with Gasteiger partial charge in [0, 0.05) is 11.2 Å². The van der Waals surface area contributed by atoms with E-state index < -0.39 is 6.10 Å². The number of aliphatic hydroxyl groups excluding tert-OH is 1. The molecule has 0 aromatic heterocycles. The van der Waals surface area contributed by atoms with Gasteiger partial charge in [0.15, 0.2) is 0 Å². The Kier molecular flexibility index (Phi) is 7.34. The van der Waals surface area contributed by atoms with Gasteiger partial charge in [0.1, 0.15) is 0 Å². The van der Waals surface area contributed by atoms with E-state index in [1.54, 1.807) is 6.08 Å². The fourth-order valence-electron chi connectivity index (χ4n) is 2.06. The molecule has 0 unspecified atom stereocenters. The second-order valence-corrected chi connectivity index (χ2v) is 5.64. The normalized spacial score (nSPS) is 30.0. The summed E-state index contributed by atoms with van der Waals surface area (Å²) in [4.78, 5) is 0.164. The molecule has 0 saturated carbocycles. The van der Waals surface area contributed by atoms with Crippen LogP contribution in [0.4, 0.5) is 0 Å². The first-order chi connectivity index (χ1) is 8.69. The molecule has 0 bridgehead atoms. The van der Waals surface area contributed by atoms with E-state index >= 15 is 0 Å². The molecule has 1 heterocycles. The standard InChI is InChI=1S/C15H21BrO2/c1-3-5-7-9-12-11-14(17)15(18-12)13(16)10-8-6-4-2/h1,5-8,12-15,17H,4,9-11H2,2H3/b7-5+,8-6+/t12-,13-,14+,15+/m0/s1. The molecule has 100 valence electrons. The van der Waals surface area contributed by atoms with Gasteiger partial charge in [-0.05, 0) is 25.3 Å². The van der Waals surface area contributed by atoms with E-state index in [2.05, 4.69) is 40.9 Å². The lowest BCUT2D eigenvalue weighted by atomic mass is 10.1. The van der Waals surface area contributed by atoms with Gasteiger partial charge in [-0.2, -0.15) is 0 Å². The number of alkyl halides is 1. The van der Waals surface area contributed by atoms with Crippen LogP contribution in [0.15, 0.2) is 24.3 Å². The third kappa shape index (κ3) is 4.97.